The molecule has 1 fully saturated rings. The maximum Gasteiger partial charge on any atom is 0.115 e. The van der Waals surface area contributed by atoms with E-state index < -0.39 is 0 Å². The van der Waals surface area contributed by atoms with Crippen LogP contribution in [0.15, 0.2) is 18.7 Å². The van der Waals surface area contributed by atoms with E-state index in [4.69, 9.17) is 4.74 Å². The molecule has 1 unspecified atom stereocenters. The van der Waals surface area contributed by atoms with Crippen molar-refractivity contribution in [3.63, 3.8) is 0 Å². The van der Waals surface area contributed by atoms with Crippen LogP contribution in [0.3, 0.4) is 0 Å². The Balaban J connectivity index is 1.79. The first-order valence-electron chi connectivity index (χ1n) is 4.50. The molecular weight excluding hydrogens is 166 g/mol. The van der Waals surface area contributed by atoms with Gasteiger partial charge >= 0.3 is 0 Å². The minimum atomic E-state index is 0.500. The Morgan fingerprint density at radius 3 is 3.00 bits per heavy atom. The average Bonchev–Trinajstić information content (AvgIpc) is 2.69. The van der Waals surface area contributed by atoms with Crippen LogP contribution < -0.4 is 5.32 Å². The average molecular weight is 179 g/mol. The minimum Gasteiger partial charge on any atom is -0.380 e. The van der Waals surface area contributed by atoms with Crippen LogP contribution in [0.4, 0.5) is 0 Å². The molecule has 0 bridgehead atoms. The highest BCUT2D eigenvalue weighted by atomic mass is 16.5. The van der Waals surface area contributed by atoms with Gasteiger partial charge in [0.15, 0.2) is 0 Å². The number of hydrogen-bond donors (Lipinski definition) is 1. The van der Waals surface area contributed by atoms with E-state index in [1.807, 2.05) is 12.4 Å². The molecule has 2 heterocycles. The largest absolute Gasteiger partial charge is 0.380 e. The fraction of sp³-hybridized carbons (Fsp3) is 0.556. The molecular formula is C9H13N3O. The van der Waals surface area contributed by atoms with E-state index in [-0.39, 0.29) is 0 Å². The van der Waals surface area contributed by atoms with E-state index in [0.717, 1.165) is 31.7 Å². The Hall–Kier alpha value is -1.00. The first-order chi connectivity index (χ1) is 6.45. The lowest BCUT2D eigenvalue weighted by Gasteiger charge is -2.09. The van der Waals surface area contributed by atoms with Crippen LogP contribution in [0.5, 0.6) is 0 Å². The molecule has 1 saturated heterocycles. The maximum atomic E-state index is 5.25. The first kappa shape index (κ1) is 8.59. The van der Waals surface area contributed by atoms with Crippen molar-refractivity contribution in [1.29, 1.82) is 0 Å². The molecule has 1 aliphatic rings. The van der Waals surface area contributed by atoms with Crippen molar-refractivity contribution in [2.24, 2.45) is 0 Å². The summed E-state index contributed by atoms with van der Waals surface area (Å²) in [6.07, 6.45) is 6.31. The van der Waals surface area contributed by atoms with Crippen molar-refractivity contribution in [3.05, 3.63) is 24.3 Å². The lowest BCUT2D eigenvalue weighted by Crippen LogP contribution is -2.28. The third kappa shape index (κ3) is 2.47. The third-order valence-electron chi connectivity index (χ3n) is 2.14. The summed E-state index contributed by atoms with van der Waals surface area (Å²) in [5.41, 5.74) is 1.12. The van der Waals surface area contributed by atoms with Gasteiger partial charge in [-0.3, -0.25) is 0 Å². The molecule has 0 spiro atoms. The van der Waals surface area contributed by atoms with Gasteiger partial charge in [0.2, 0.25) is 0 Å². The summed E-state index contributed by atoms with van der Waals surface area (Å²) in [7, 11) is 0. The molecule has 1 atom stereocenters. The highest BCUT2D eigenvalue weighted by Gasteiger charge is 2.14. The van der Waals surface area contributed by atoms with E-state index in [0.29, 0.717) is 6.04 Å². The smallest absolute Gasteiger partial charge is 0.115 e. The molecule has 4 nitrogen and oxygen atoms in total. The first-order valence-corrected chi connectivity index (χ1v) is 4.50. The standard InChI is InChI=1S/C9H13N3O/c1-2-13-6-9(1)12-5-8-3-10-7-11-4-8/h3-4,7,9,12H,1-2,5-6H2. The molecule has 13 heavy (non-hydrogen) atoms. The lowest BCUT2D eigenvalue weighted by atomic mass is 10.2. The van der Waals surface area contributed by atoms with Gasteiger partial charge in [0.1, 0.15) is 6.33 Å². The highest BCUT2D eigenvalue weighted by molar-refractivity contribution is 5.01. The zero-order valence-corrected chi connectivity index (χ0v) is 7.44. The summed E-state index contributed by atoms with van der Waals surface area (Å²) in [6, 6.07) is 0.500. The lowest BCUT2D eigenvalue weighted by molar-refractivity contribution is 0.190. The van der Waals surface area contributed by atoms with Gasteiger partial charge in [0, 0.05) is 37.2 Å². The van der Waals surface area contributed by atoms with Crippen LogP contribution in [-0.2, 0) is 11.3 Å². The second kappa shape index (κ2) is 4.30. The van der Waals surface area contributed by atoms with Crippen molar-refractivity contribution in [2.75, 3.05) is 13.2 Å². The molecule has 0 amide bonds. The number of nitrogens with one attached hydrogen (secondary N) is 1. The van der Waals surface area contributed by atoms with Gasteiger partial charge in [-0.1, -0.05) is 0 Å². The van der Waals surface area contributed by atoms with Gasteiger partial charge in [0.05, 0.1) is 6.61 Å². The van der Waals surface area contributed by atoms with Crippen molar-refractivity contribution in [2.45, 2.75) is 19.0 Å². The molecule has 2 rings (SSSR count). The summed E-state index contributed by atoms with van der Waals surface area (Å²) < 4.78 is 5.25. The number of aromatic nitrogens is 2. The number of ether oxygens (including phenoxy) is 1. The predicted molar refractivity (Wildman–Crippen MR) is 48.1 cm³/mol. The van der Waals surface area contributed by atoms with Crippen LogP contribution in [0.25, 0.3) is 0 Å². The minimum absolute atomic E-state index is 0.500. The summed E-state index contributed by atoms with van der Waals surface area (Å²) in [6.45, 7) is 2.53. The van der Waals surface area contributed by atoms with Gasteiger partial charge in [-0.2, -0.15) is 0 Å². The summed E-state index contributed by atoms with van der Waals surface area (Å²) in [4.78, 5) is 7.90. The summed E-state index contributed by atoms with van der Waals surface area (Å²) in [5, 5.41) is 3.39. The Labute approximate surface area is 77.4 Å². The van der Waals surface area contributed by atoms with E-state index in [2.05, 4.69) is 15.3 Å². The molecule has 0 radical (unpaired) electrons. The van der Waals surface area contributed by atoms with E-state index in [1.54, 1.807) is 6.33 Å². The van der Waals surface area contributed by atoms with Crippen molar-refractivity contribution < 1.29 is 4.74 Å². The normalized spacial score (nSPS) is 22.0. The SMILES string of the molecule is c1ncc(CNC2CCOC2)cn1. The topological polar surface area (TPSA) is 47.0 Å². The van der Waals surface area contributed by atoms with Crippen LogP contribution in [0.1, 0.15) is 12.0 Å². The van der Waals surface area contributed by atoms with Crippen molar-refractivity contribution in [3.8, 4) is 0 Å². The quantitative estimate of drug-likeness (QED) is 0.727. The van der Waals surface area contributed by atoms with E-state index in [1.165, 1.54) is 0 Å². The predicted octanol–water partition coefficient (Wildman–Crippen LogP) is 0.355. The van der Waals surface area contributed by atoms with E-state index in [9.17, 15) is 0 Å². The molecule has 70 valence electrons. The monoisotopic (exact) mass is 179 g/mol. The molecule has 0 aromatic carbocycles. The second-order valence-corrected chi connectivity index (χ2v) is 3.19. The summed E-state index contributed by atoms with van der Waals surface area (Å²) >= 11 is 0. The number of rotatable bonds is 3. The van der Waals surface area contributed by atoms with E-state index >= 15 is 0 Å². The van der Waals surface area contributed by atoms with Crippen molar-refractivity contribution in [1.82, 2.24) is 15.3 Å². The maximum absolute atomic E-state index is 5.25. The van der Waals surface area contributed by atoms with Crippen LogP contribution in [0, 0.1) is 0 Å². The Morgan fingerprint density at radius 1 is 1.46 bits per heavy atom. The zero-order chi connectivity index (χ0) is 8.93. The Bertz CT molecular complexity index is 246. The number of hydrogen-bond acceptors (Lipinski definition) is 4. The van der Waals surface area contributed by atoms with Crippen molar-refractivity contribution >= 4 is 0 Å². The summed E-state index contributed by atoms with van der Waals surface area (Å²) in [5.74, 6) is 0. The Morgan fingerprint density at radius 2 is 2.31 bits per heavy atom. The van der Waals surface area contributed by atoms with Crippen LogP contribution in [-0.4, -0.2) is 29.2 Å². The van der Waals surface area contributed by atoms with Gasteiger partial charge in [-0.05, 0) is 6.42 Å². The van der Waals surface area contributed by atoms with Crippen LogP contribution >= 0.6 is 0 Å². The zero-order valence-electron chi connectivity index (χ0n) is 7.44. The number of nitrogens with zero attached hydrogens (tertiary/aromatic N) is 2. The molecule has 1 aromatic rings. The molecule has 1 aliphatic heterocycles. The molecule has 1 aromatic heterocycles. The molecule has 1 N–H and O–H groups in total. The molecule has 4 heteroatoms. The molecule has 0 saturated carbocycles. The fourth-order valence-electron chi connectivity index (χ4n) is 1.38. The van der Waals surface area contributed by atoms with Crippen LogP contribution in [0.2, 0.25) is 0 Å². The van der Waals surface area contributed by atoms with Gasteiger partial charge in [-0.25, -0.2) is 9.97 Å². The Kier molecular flexibility index (Phi) is 2.84. The fourth-order valence-corrected chi connectivity index (χ4v) is 1.38. The van der Waals surface area contributed by atoms with Gasteiger partial charge < -0.3 is 10.1 Å². The van der Waals surface area contributed by atoms with Gasteiger partial charge in [0.25, 0.3) is 0 Å². The second-order valence-electron chi connectivity index (χ2n) is 3.19. The highest BCUT2D eigenvalue weighted by Crippen LogP contribution is 2.04. The third-order valence-corrected chi connectivity index (χ3v) is 2.14. The molecule has 0 aliphatic carbocycles. The van der Waals surface area contributed by atoms with Gasteiger partial charge in [-0.15, -0.1) is 0 Å².